The van der Waals surface area contributed by atoms with Gasteiger partial charge in [0.15, 0.2) is 0 Å². The number of carbonyl (C=O) groups is 1. The van der Waals surface area contributed by atoms with E-state index in [1.165, 1.54) is 0 Å². The lowest BCUT2D eigenvalue weighted by molar-refractivity contribution is -0.152. The van der Waals surface area contributed by atoms with Crippen molar-refractivity contribution in [3.63, 3.8) is 0 Å². The van der Waals surface area contributed by atoms with Crippen molar-refractivity contribution in [2.75, 3.05) is 25.1 Å². The van der Waals surface area contributed by atoms with Crippen molar-refractivity contribution in [1.82, 2.24) is 15.3 Å². The number of ether oxygens (including phenoxy) is 2. The lowest BCUT2D eigenvalue weighted by atomic mass is 9.99. The molecule has 5 rings (SSSR count). The fourth-order valence-electron chi connectivity index (χ4n) is 4.08. The van der Waals surface area contributed by atoms with Crippen molar-refractivity contribution in [1.29, 1.82) is 0 Å². The van der Waals surface area contributed by atoms with E-state index in [0.717, 1.165) is 41.2 Å². The minimum absolute atomic E-state index is 0.119. The molecule has 0 spiro atoms. The van der Waals surface area contributed by atoms with Crippen LogP contribution in [-0.2, 0) is 11.2 Å². The summed E-state index contributed by atoms with van der Waals surface area (Å²) in [5.74, 6) is 0.508. The SMILES string of the molecule is Cc1cccc(Nc2c(-c3ccncc3OC[C@]3(C)CCO3)[nH]c3c2C(=O)NCC3)c1Cl. The van der Waals surface area contributed by atoms with Gasteiger partial charge in [0.05, 0.1) is 40.5 Å². The number of pyridine rings is 1. The molecule has 0 radical (unpaired) electrons. The highest BCUT2D eigenvalue weighted by Crippen LogP contribution is 2.42. The summed E-state index contributed by atoms with van der Waals surface area (Å²) in [5, 5.41) is 6.97. The Bertz CT molecular complexity index is 1190. The van der Waals surface area contributed by atoms with Gasteiger partial charge in [0, 0.05) is 36.8 Å². The van der Waals surface area contributed by atoms with Gasteiger partial charge in [-0.1, -0.05) is 23.7 Å². The number of nitrogens with one attached hydrogen (secondary N) is 3. The molecular formula is C24H25ClN4O3. The average molecular weight is 453 g/mol. The summed E-state index contributed by atoms with van der Waals surface area (Å²) in [7, 11) is 0. The van der Waals surface area contributed by atoms with Gasteiger partial charge in [-0.25, -0.2) is 0 Å². The number of anilines is 2. The molecular weight excluding hydrogens is 428 g/mol. The van der Waals surface area contributed by atoms with Gasteiger partial charge in [-0.15, -0.1) is 0 Å². The highest BCUT2D eigenvalue weighted by molar-refractivity contribution is 6.34. The number of aromatic nitrogens is 2. The molecule has 4 heterocycles. The number of amides is 1. The van der Waals surface area contributed by atoms with Crippen LogP contribution in [0.25, 0.3) is 11.3 Å². The first-order chi connectivity index (χ1) is 15.5. The zero-order valence-electron chi connectivity index (χ0n) is 18.0. The van der Waals surface area contributed by atoms with Crippen molar-refractivity contribution in [3.8, 4) is 17.0 Å². The van der Waals surface area contributed by atoms with Crippen molar-refractivity contribution in [3.05, 3.63) is 58.5 Å². The molecule has 1 amide bonds. The number of hydrogen-bond acceptors (Lipinski definition) is 5. The normalized spacial score (nSPS) is 19.7. The number of aromatic amines is 1. The van der Waals surface area contributed by atoms with Crippen LogP contribution in [0.2, 0.25) is 5.02 Å². The maximum Gasteiger partial charge on any atom is 0.255 e. The van der Waals surface area contributed by atoms with Crippen LogP contribution in [0.1, 0.15) is 35.0 Å². The molecule has 0 unspecified atom stereocenters. The summed E-state index contributed by atoms with van der Waals surface area (Å²) >= 11 is 6.56. The number of benzene rings is 1. The first-order valence-electron chi connectivity index (χ1n) is 10.7. The Morgan fingerprint density at radius 2 is 2.19 bits per heavy atom. The number of rotatable bonds is 6. The number of nitrogens with zero attached hydrogens (tertiary/aromatic N) is 1. The molecule has 7 nitrogen and oxygen atoms in total. The summed E-state index contributed by atoms with van der Waals surface area (Å²) in [5.41, 5.74) is 5.14. The highest BCUT2D eigenvalue weighted by Gasteiger charge is 2.34. The molecule has 3 N–H and O–H groups in total. The summed E-state index contributed by atoms with van der Waals surface area (Å²) < 4.78 is 11.8. The first-order valence-corrected chi connectivity index (χ1v) is 11.1. The average Bonchev–Trinajstić information content (AvgIpc) is 3.14. The van der Waals surface area contributed by atoms with Crippen LogP contribution in [0.15, 0.2) is 36.7 Å². The number of aryl methyl sites for hydroxylation is 1. The van der Waals surface area contributed by atoms with Crippen LogP contribution < -0.4 is 15.4 Å². The standard InChI is InChI=1S/C24H25ClN4O3/c1-14-4-3-5-17(20(14)25)29-22-19-16(7-10-27-23(19)30)28-21(22)15-6-9-26-12-18(15)31-13-24(2)8-11-32-24/h3-6,9,12,28-29H,7-8,10-11,13H2,1-2H3,(H,27,30)/t24-/m0/s1. The monoisotopic (exact) mass is 452 g/mol. The molecule has 166 valence electrons. The topological polar surface area (TPSA) is 88.3 Å². The van der Waals surface area contributed by atoms with E-state index in [0.29, 0.717) is 41.6 Å². The Hall–Kier alpha value is -3.03. The van der Waals surface area contributed by atoms with Crippen LogP contribution >= 0.6 is 11.6 Å². The van der Waals surface area contributed by atoms with Crippen LogP contribution in [0, 0.1) is 6.92 Å². The van der Waals surface area contributed by atoms with Gasteiger partial charge in [-0.2, -0.15) is 0 Å². The zero-order chi connectivity index (χ0) is 22.3. The molecule has 2 aromatic heterocycles. The van der Waals surface area contributed by atoms with Gasteiger partial charge < -0.3 is 25.1 Å². The Labute approximate surface area is 191 Å². The maximum atomic E-state index is 12.8. The van der Waals surface area contributed by atoms with Crippen molar-refractivity contribution >= 4 is 28.9 Å². The second-order valence-electron chi connectivity index (χ2n) is 8.50. The van der Waals surface area contributed by atoms with Crippen LogP contribution in [0.5, 0.6) is 5.75 Å². The predicted octanol–water partition coefficient (Wildman–Crippen LogP) is 4.63. The summed E-state index contributed by atoms with van der Waals surface area (Å²) in [6, 6.07) is 7.67. The largest absolute Gasteiger partial charge is 0.488 e. The van der Waals surface area contributed by atoms with Gasteiger partial charge in [0.1, 0.15) is 18.0 Å². The fraction of sp³-hybridized carbons (Fsp3) is 0.333. The molecule has 1 aromatic carbocycles. The third kappa shape index (κ3) is 3.72. The number of hydrogen-bond donors (Lipinski definition) is 3. The van der Waals surface area contributed by atoms with Gasteiger partial charge in [0.2, 0.25) is 0 Å². The first kappa shape index (κ1) is 20.8. The zero-order valence-corrected chi connectivity index (χ0v) is 18.8. The lowest BCUT2D eigenvalue weighted by Gasteiger charge is -2.38. The van der Waals surface area contributed by atoms with Crippen molar-refractivity contribution in [2.45, 2.75) is 32.3 Å². The van der Waals surface area contributed by atoms with E-state index in [4.69, 9.17) is 21.1 Å². The van der Waals surface area contributed by atoms with E-state index in [1.54, 1.807) is 12.4 Å². The van der Waals surface area contributed by atoms with Gasteiger partial charge in [-0.3, -0.25) is 9.78 Å². The quantitative estimate of drug-likeness (QED) is 0.507. The second kappa shape index (κ2) is 8.15. The molecule has 1 atom stereocenters. The van der Waals surface area contributed by atoms with Crippen molar-refractivity contribution in [2.24, 2.45) is 0 Å². The van der Waals surface area contributed by atoms with Crippen LogP contribution in [-0.4, -0.2) is 41.2 Å². The number of carbonyl (C=O) groups excluding carboxylic acids is 1. The molecule has 1 saturated heterocycles. The second-order valence-corrected chi connectivity index (χ2v) is 8.88. The Morgan fingerprint density at radius 1 is 1.34 bits per heavy atom. The van der Waals surface area contributed by atoms with Gasteiger partial charge >= 0.3 is 0 Å². The van der Waals surface area contributed by atoms with E-state index >= 15 is 0 Å². The van der Waals surface area contributed by atoms with E-state index < -0.39 is 0 Å². The number of halogens is 1. The van der Waals surface area contributed by atoms with Gasteiger partial charge in [-0.05, 0) is 31.5 Å². The van der Waals surface area contributed by atoms with E-state index in [1.807, 2.05) is 38.1 Å². The van der Waals surface area contributed by atoms with E-state index in [2.05, 4.69) is 20.6 Å². The predicted molar refractivity (Wildman–Crippen MR) is 124 cm³/mol. The lowest BCUT2D eigenvalue weighted by Crippen LogP contribution is -2.45. The molecule has 1 fully saturated rings. The third-order valence-corrected chi connectivity index (χ3v) is 6.59. The minimum Gasteiger partial charge on any atom is -0.488 e. The maximum absolute atomic E-state index is 12.8. The Kier molecular flexibility index (Phi) is 5.31. The summed E-state index contributed by atoms with van der Waals surface area (Å²) in [6.07, 6.45) is 5.08. The minimum atomic E-state index is -0.280. The fourth-order valence-corrected chi connectivity index (χ4v) is 4.25. The summed E-state index contributed by atoms with van der Waals surface area (Å²) in [4.78, 5) is 20.5. The molecule has 3 aromatic rings. The molecule has 0 aliphatic carbocycles. The van der Waals surface area contributed by atoms with Crippen LogP contribution in [0.3, 0.4) is 0 Å². The van der Waals surface area contributed by atoms with Crippen LogP contribution in [0.4, 0.5) is 11.4 Å². The number of fused-ring (bicyclic) bond motifs is 1. The molecule has 0 bridgehead atoms. The Balaban J connectivity index is 1.59. The molecule has 32 heavy (non-hydrogen) atoms. The molecule has 8 heteroatoms. The number of H-pyrrole nitrogens is 1. The van der Waals surface area contributed by atoms with Crippen molar-refractivity contribution < 1.29 is 14.3 Å². The Morgan fingerprint density at radius 3 is 2.97 bits per heavy atom. The third-order valence-electron chi connectivity index (χ3n) is 6.09. The van der Waals surface area contributed by atoms with E-state index in [9.17, 15) is 4.79 Å². The summed E-state index contributed by atoms with van der Waals surface area (Å²) in [6.45, 7) is 5.76. The molecule has 0 saturated carbocycles. The van der Waals surface area contributed by atoms with Gasteiger partial charge in [0.25, 0.3) is 5.91 Å². The van der Waals surface area contributed by atoms with E-state index in [-0.39, 0.29) is 11.5 Å². The smallest absolute Gasteiger partial charge is 0.255 e. The molecule has 2 aliphatic rings. The molecule has 2 aliphatic heterocycles. The highest BCUT2D eigenvalue weighted by atomic mass is 35.5.